The number of nitrogens with zero attached hydrogens (tertiary/aromatic N) is 1. The van der Waals surface area contributed by atoms with Crippen LogP contribution in [0.3, 0.4) is 0 Å². The van der Waals surface area contributed by atoms with Gasteiger partial charge in [0.15, 0.2) is 0 Å². The molecule has 0 atom stereocenters. The highest BCUT2D eigenvalue weighted by atomic mass is 35.5. The van der Waals surface area contributed by atoms with Gasteiger partial charge in [-0.05, 0) is 35.9 Å². The van der Waals surface area contributed by atoms with E-state index < -0.39 is 0 Å². The Hall–Kier alpha value is -2.27. The fourth-order valence-electron chi connectivity index (χ4n) is 1.61. The number of rotatable bonds is 6. The van der Waals surface area contributed by atoms with Gasteiger partial charge < -0.3 is 15.4 Å². The van der Waals surface area contributed by atoms with E-state index in [1.54, 1.807) is 36.7 Å². The zero-order chi connectivity index (χ0) is 14.9. The Balaban J connectivity index is 1.60. The van der Waals surface area contributed by atoms with Gasteiger partial charge in [-0.1, -0.05) is 17.7 Å². The predicted molar refractivity (Wildman–Crippen MR) is 81.4 cm³/mol. The van der Waals surface area contributed by atoms with E-state index in [9.17, 15) is 4.79 Å². The first-order chi connectivity index (χ1) is 10.2. The first kappa shape index (κ1) is 15.1. The lowest BCUT2D eigenvalue weighted by atomic mass is 10.3. The van der Waals surface area contributed by atoms with Crippen molar-refractivity contribution in [3.8, 4) is 5.75 Å². The third-order valence-corrected chi connectivity index (χ3v) is 2.90. The lowest BCUT2D eigenvalue weighted by Gasteiger charge is -2.09. The Labute approximate surface area is 128 Å². The molecule has 0 aliphatic carbocycles. The van der Waals surface area contributed by atoms with Crippen molar-refractivity contribution in [1.82, 2.24) is 15.6 Å². The van der Waals surface area contributed by atoms with Gasteiger partial charge in [0.05, 0.1) is 6.54 Å². The lowest BCUT2D eigenvalue weighted by molar-refractivity contribution is 0.236. The van der Waals surface area contributed by atoms with Gasteiger partial charge >= 0.3 is 6.03 Å². The van der Waals surface area contributed by atoms with Gasteiger partial charge in [0, 0.05) is 24.0 Å². The first-order valence-electron chi connectivity index (χ1n) is 6.53. The zero-order valence-electron chi connectivity index (χ0n) is 11.4. The van der Waals surface area contributed by atoms with Crippen LogP contribution in [0.5, 0.6) is 5.75 Å². The highest BCUT2D eigenvalue weighted by Gasteiger charge is 2.00. The average molecular weight is 306 g/mol. The molecule has 0 saturated carbocycles. The maximum Gasteiger partial charge on any atom is 0.315 e. The zero-order valence-corrected chi connectivity index (χ0v) is 12.1. The molecule has 1 aromatic heterocycles. The lowest BCUT2D eigenvalue weighted by Crippen LogP contribution is -2.37. The van der Waals surface area contributed by atoms with Crippen LogP contribution >= 0.6 is 11.6 Å². The molecule has 2 N–H and O–H groups in total. The Morgan fingerprint density at radius 1 is 1.19 bits per heavy atom. The van der Waals surface area contributed by atoms with Crippen molar-refractivity contribution in [2.24, 2.45) is 0 Å². The molecule has 0 unspecified atom stereocenters. The predicted octanol–water partition coefficient (Wildman–Crippen LogP) is 2.61. The second-order valence-corrected chi connectivity index (χ2v) is 4.71. The second-order valence-electron chi connectivity index (χ2n) is 4.27. The molecule has 5 nitrogen and oxygen atoms in total. The molecule has 2 amide bonds. The molecule has 0 aliphatic rings. The van der Waals surface area contributed by atoms with Gasteiger partial charge in [-0.2, -0.15) is 0 Å². The van der Waals surface area contributed by atoms with Crippen LogP contribution in [-0.2, 0) is 6.54 Å². The number of urea groups is 1. The maximum atomic E-state index is 11.6. The maximum absolute atomic E-state index is 11.6. The molecule has 110 valence electrons. The Morgan fingerprint density at radius 3 is 2.71 bits per heavy atom. The number of hydrogen-bond acceptors (Lipinski definition) is 3. The summed E-state index contributed by atoms with van der Waals surface area (Å²) < 4.78 is 5.46. The summed E-state index contributed by atoms with van der Waals surface area (Å²) in [5.74, 6) is 0.719. The molecular weight excluding hydrogens is 290 g/mol. The quantitative estimate of drug-likeness (QED) is 0.806. The van der Waals surface area contributed by atoms with Crippen molar-refractivity contribution < 1.29 is 9.53 Å². The van der Waals surface area contributed by atoms with Crippen LogP contribution in [-0.4, -0.2) is 24.2 Å². The molecule has 0 spiro atoms. The topological polar surface area (TPSA) is 63.2 Å². The van der Waals surface area contributed by atoms with E-state index in [2.05, 4.69) is 15.6 Å². The SMILES string of the molecule is O=C(NCCOc1ccc(Cl)cc1)NCc1cccnc1. The minimum absolute atomic E-state index is 0.237. The van der Waals surface area contributed by atoms with Gasteiger partial charge in [-0.15, -0.1) is 0 Å². The molecule has 0 saturated heterocycles. The highest BCUT2D eigenvalue weighted by Crippen LogP contribution is 2.14. The second kappa shape index (κ2) is 8.11. The smallest absolute Gasteiger partial charge is 0.315 e. The van der Waals surface area contributed by atoms with Crippen LogP contribution in [0.1, 0.15) is 5.56 Å². The summed E-state index contributed by atoms with van der Waals surface area (Å²) >= 11 is 5.77. The van der Waals surface area contributed by atoms with Crippen LogP contribution in [0, 0.1) is 0 Å². The monoisotopic (exact) mass is 305 g/mol. The van der Waals surface area contributed by atoms with E-state index in [0.717, 1.165) is 11.3 Å². The first-order valence-corrected chi connectivity index (χ1v) is 6.91. The number of carbonyl (C=O) groups excluding carboxylic acids is 1. The summed E-state index contributed by atoms with van der Waals surface area (Å²) in [5, 5.41) is 6.12. The third kappa shape index (κ3) is 5.71. The molecule has 0 aliphatic heterocycles. The Morgan fingerprint density at radius 2 is 2.00 bits per heavy atom. The average Bonchev–Trinajstić information content (AvgIpc) is 2.52. The van der Waals surface area contributed by atoms with Gasteiger partial charge in [-0.25, -0.2) is 4.79 Å². The summed E-state index contributed by atoms with van der Waals surface area (Å²) in [5.41, 5.74) is 0.949. The van der Waals surface area contributed by atoms with Crippen LogP contribution in [0.15, 0.2) is 48.8 Å². The molecule has 6 heteroatoms. The van der Waals surface area contributed by atoms with Gasteiger partial charge in [0.25, 0.3) is 0 Å². The van der Waals surface area contributed by atoms with Crippen LogP contribution in [0.2, 0.25) is 5.02 Å². The number of nitrogens with one attached hydrogen (secondary N) is 2. The number of amides is 2. The molecule has 1 heterocycles. The number of ether oxygens (including phenoxy) is 1. The van der Waals surface area contributed by atoms with Crippen molar-refractivity contribution in [2.45, 2.75) is 6.54 Å². The summed E-state index contributed by atoms with van der Waals surface area (Å²) in [6.45, 7) is 1.25. The Bertz CT molecular complexity index is 561. The van der Waals surface area contributed by atoms with E-state index in [1.165, 1.54) is 0 Å². The van der Waals surface area contributed by atoms with Gasteiger partial charge in [0.1, 0.15) is 12.4 Å². The van der Waals surface area contributed by atoms with Crippen molar-refractivity contribution >= 4 is 17.6 Å². The van der Waals surface area contributed by atoms with Gasteiger partial charge in [0.2, 0.25) is 0 Å². The molecule has 0 radical (unpaired) electrons. The normalized spacial score (nSPS) is 9.95. The van der Waals surface area contributed by atoms with Crippen LogP contribution in [0.4, 0.5) is 4.79 Å². The largest absolute Gasteiger partial charge is 0.492 e. The number of carbonyl (C=O) groups is 1. The molecule has 2 aromatic rings. The number of aromatic nitrogens is 1. The van der Waals surface area contributed by atoms with Crippen molar-refractivity contribution in [3.05, 3.63) is 59.4 Å². The molecule has 1 aromatic carbocycles. The Kier molecular flexibility index (Phi) is 5.84. The summed E-state index contributed by atoms with van der Waals surface area (Å²) in [4.78, 5) is 15.5. The summed E-state index contributed by atoms with van der Waals surface area (Å²) in [7, 11) is 0. The summed E-state index contributed by atoms with van der Waals surface area (Å²) in [6.07, 6.45) is 3.40. The van der Waals surface area contributed by atoms with E-state index in [0.29, 0.717) is 24.7 Å². The third-order valence-electron chi connectivity index (χ3n) is 2.65. The number of pyridine rings is 1. The van der Waals surface area contributed by atoms with E-state index >= 15 is 0 Å². The highest BCUT2D eigenvalue weighted by molar-refractivity contribution is 6.30. The molecule has 0 fully saturated rings. The minimum atomic E-state index is -0.237. The van der Waals surface area contributed by atoms with E-state index in [1.807, 2.05) is 12.1 Å². The number of hydrogen-bond donors (Lipinski definition) is 2. The van der Waals surface area contributed by atoms with Crippen molar-refractivity contribution in [2.75, 3.05) is 13.2 Å². The van der Waals surface area contributed by atoms with E-state index in [-0.39, 0.29) is 6.03 Å². The minimum Gasteiger partial charge on any atom is -0.492 e. The summed E-state index contributed by atoms with van der Waals surface area (Å²) in [6, 6.07) is 10.6. The standard InChI is InChI=1S/C15H16ClN3O2/c16-13-3-5-14(6-4-13)21-9-8-18-15(20)19-11-12-2-1-7-17-10-12/h1-7,10H,8-9,11H2,(H2,18,19,20). The molecule has 0 bridgehead atoms. The van der Waals surface area contributed by atoms with Crippen molar-refractivity contribution in [1.29, 1.82) is 0 Å². The van der Waals surface area contributed by atoms with Crippen LogP contribution in [0.25, 0.3) is 0 Å². The fraction of sp³-hybridized carbons (Fsp3) is 0.200. The van der Waals surface area contributed by atoms with Gasteiger partial charge in [-0.3, -0.25) is 4.98 Å². The van der Waals surface area contributed by atoms with Crippen LogP contribution < -0.4 is 15.4 Å². The molecular formula is C15H16ClN3O2. The number of benzene rings is 1. The molecule has 2 rings (SSSR count). The fourth-order valence-corrected chi connectivity index (χ4v) is 1.74. The molecule has 21 heavy (non-hydrogen) atoms. The van der Waals surface area contributed by atoms with E-state index in [4.69, 9.17) is 16.3 Å². The van der Waals surface area contributed by atoms with Crippen molar-refractivity contribution in [3.63, 3.8) is 0 Å². The number of halogens is 1.